The van der Waals surface area contributed by atoms with E-state index >= 15 is 0 Å². The van der Waals surface area contributed by atoms with Gasteiger partial charge in [0, 0.05) is 24.7 Å². The van der Waals surface area contributed by atoms with Crippen molar-refractivity contribution in [1.82, 2.24) is 10.2 Å². The summed E-state index contributed by atoms with van der Waals surface area (Å²) in [6.07, 6.45) is 2.13. The summed E-state index contributed by atoms with van der Waals surface area (Å²) in [4.78, 5) is 2.64. The summed E-state index contributed by atoms with van der Waals surface area (Å²) in [5.41, 5.74) is 2.96. The highest BCUT2D eigenvalue weighted by molar-refractivity contribution is 7.91. The predicted molar refractivity (Wildman–Crippen MR) is 91.7 cm³/mol. The number of nitrogens with one attached hydrogen (secondary N) is 1. The molecule has 1 N–H and O–H groups in total. The van der Waals surface area contributed by atoms with E-state index in [9.17, 15) is 8.42 Å². The molecule has 0 saturated carbocycles. The quantitative estimate of drug-likeness (QED) is 0.934. The Morgan fingerprint density at radius 3 is 2.83 bits per heavy atom. The Kier molecular flexibility index (Phi) is 4.43. The van der Waals surface area contributed by atoms with E-state index in [1.165, 1.54) is 0 Å². The van der Waals surface area contributed by atoms with Gasteiger partial charge < -0.3 is 4.90 Å². The second kappa shape index (κ2) is 6.35. The van der Waals surface area contributed by atoms with Gasteiger partial charge in [-0.25, -0.2) is 8.42 Å². The average Bonchev–Trinajstić information content (AvgIpc) is 3.01. The second-order valence-electron chi connectivity index (χ2n) is 6.13. The van der Waals surface area contributed by atoms with Crippen LogP contribution in [0.4, 0.5) is 5.69 Å². The fourth-order valence-electron chi connectivity index (χ4n) is 3.22. The lowest BCUT2D eigenvalue weighted by Crippen LogP contribution is -2.35. The SMILES string of the molecule is CCS(=O)(=O)c1ccccc1N1CCC[C@H](c2cc(C)[nH]n2)C1. The maximum absolute atomic E-state index is 12.4. The fourth-order valence-corrected chi connectivity index (χ4v) is 4.34. The van der Waals surface area contributed by atoms with Crippen molar-refractivity contribution >= 4 is 15.5 Å². The molecule has 6 heteroatoms. The van der Waals surface area contributed by atoms with E-state index in [1.807, 2.05) is 19.1 Å². The van der Waals surface area contributed by atoms with Crippen LogP contribution in [0.2, 0.25) is 0 Å². The molecule has 0 aliphatic carbocycles. The number of benzene rings is 1. The molecule has 0 radical (unpaired) electrons. The number of aromatic nitrogens is 2. The Bertz CT molecular complexity index is 783. The van der Waals surface area contributed by atoms with Crippen molar-refractivity contribution in [3.63, 3.8) is 0 Å². The first kappa shape index (κ1) is 16.1. The molecule has 1 fully saturated rings. The molecular weight excluding hydrogens is 310 g/mol. The molecule has 5 nitrogen and oxygen atoms in total. The van der Waals surface area contributed by atoms with Gasteiger partial charge in [0.15, 0.2) is 9.84 Å². The lowest BCUT2D eigenvalue weighted by molar-refractivity contribution is 0.498. The number of para-hydroxylation sites is 1. The molecule has 23 heavy (non-hydrogen) atoms. The molecule has 0 unspecified atom stereocenters. The minimum Gasteiger partial charge on any atom is -0.370 e. The van der Waals surface area contributed by atoms with Crippen molar-refractivity contribution in [3.8, 4) is 0 Å². The van der Waals surface area contributed by atoms with Crippen molar-refractivity contribution in [2.45, 2.75) is 37.5 Å². The third kappa shape index (κ3) is 3.27. The molecule has 1 aromatic heterocycles. The van der Waals surface area contributed by atoms with Gasteiger partial charge in [0.2, 0.25) is 0 Å². The zero-order valence-corrected chi connectivity index (χ0v) is 14.4. The molecule has 124 valence electrons. The third-order valence-corrected chi connectivity index (χ3v) is 6.26. The Morgan fingerprint density at radius 2 is 2.13 bits per heavy atom. The molecule has 1 aromatic carbocycles. The van der Waals surface area contributed by atoms with Crippen LogP contribution in [0.1, 0.15) is 37.1 Å². The molecule has 0 bridgehead atoms. The first-order chi connectivity index (χ1) is 11.0. The molecule has 0 amide bonds. The van der Waals surface area contributed by atoms with Crippen molar-refractivity contribution in [2.75, 3.05) is 23.7 Å². The van der Waals surface area contributed by atoms with Crippen LogP contribution in [-0.2, 0) is 9.84 Å². The lowest BCUT2D eigenvalue weighted by atomic mass is 9.94. The van der Waals surface area contributed by atoms with E-state index in [4.69, 9.17) is 0 Å². The number of piperidine rings is 1. The number of rotatable bonds is 4. The molecule has 2 aromatic rings. The zero-order chi connectivity index (χ0) is 16.4. The normalized spacial score (nSPS) is 19.0. The highest BCUT2D eigenvalue weighted by Crippen LogP contribution is 2.33. The first-order valence-electron chi connectivity index (χ1n) is 8.10. The molecule has 1 aliphatic rings. The van der Waals surface area contributed by atoms with E-state index in [-0.39, 0.29) is 5.75 Å². The molecule has 2 heterocycles. The van der Waals surface area contributed by atoms with Crippen LogP contribution in [-0.4, -0.2) is 37.5 Å². The van der Waals surface area contributed by atoms with Gasteiger partial charge in [0.1, 0.15) is 0 Å². The van der Waals surface area contributed by atoms with E-state index in [0.29, 0.717) is 10.8 Å². The fraction of sp³-hybridized carbons (Fsp3) is 0.471. The summed E-state index contributed by atoms with van der Waals surface area (Å²) >= 11 is 0. The van der Waals surface area contributed by atoms with E-state index < -0.39 is 9.84 Å². The van der Waals surface area contributed by atoms with E-state index in [0.717, 1.165) is 43.0 Å². The van der Waals surface area contributed by atoms with Crippen LogP contribution in [0.25, 0.3) is 0 Å². The van der Waals surface area contributed by atoms with Crippen LogP contribution in [0, 0.1) is 6.92 Å². The highest BCUT2D eigenvalue weighted by atomic mass is 32.2. The average molecular weight is 333 g/mol. The molecule has 3 rings (SSSR count). The van der Waals surface area contributed by atoms with Crippen LogP contribution < -0.4 is 4.90 Å². The minimum atomic E-state index is -3.22. The smallest absolute Gasteiger partial charge is 0.180 e. The number of anilines is 1. The summed E-state index contributed by atoms with van der Waals surface area (Å²) in [7, 11) is -3.22. The largest absolute Gasteiger partial charge is 0.370 e. The van der Waals surface area contributed by atoms with Gasteiger partial charge in [-0.15, -0.1) is 0 Å². The minimum absolute atomic E-state index is 0.125. The van der Waals surface area contributed by atoms with Crippen molar-refractivity contribution in [3.05, 3.63) is 41.7 Å². The van der Waals surface area contributed by atoms with Crippen LogP contribution in [0.3, 0.4) is 0 Å². The Morgan fingerprint density at radius 1 is 1.35 bits per heavy atom. The number of nitrogens with zero attached hydrogens (tertiary/aromatic N) is 2. The Hall–Kier alpha value is -1.82. The van der Waals surface area contributed by atoms with Crippen molar-refractivity contribution in [1.29, 1.82) is 0 Å². The molecular formula is C17H23N3O2S. The maximum atomic E-state index is 12.4. The van der Waals surface area contributed by atoms with Gasteiger partial charge in [-0.2, -0.15) is 5.10 Å². The topological polar surface area (TPSA) is 66.1 Å². The standard InChI is InChI=1S/C17H23N3O2S/c1-3-23(21,22)17-9-5-4-8-16(17)20-10-6-7-14(12-20)15-11-13(2)18-19-15/h4-5,8-9,11,14H,3,6-7,10,12H2,1-2H3,(H,18,19)/t14-/m0/s1. The molecule has 0 spiro atoms. The van der Waals surface area contributed by atoms with Gasteiger partial charge in [-0.3, -0.25) is 5.10 Å². The van der Waals surface area contributed by atoms with Gasteiger partial charge in [-0.1, -0.05) is 19.1 Å². The Labute approximate surface area is 137 Å². The molecule has 1 aliphatic heterocycles. The number of sulfone groups is 1. The number of aromatic amines is 1. The third-order valence-electron chi connectivity index (χ3n) is 4.49. The maximum Gasteiger partial charge on any atom is 0.180 e. The molecule has 1 saturated heterocycles. The van der Waals surface area contributed by atoms with Crippen LogP contribution in [0.15, 0.2) is 35.2 Å². The number of H-pyrrole nitrogens is 1. The second-order valence-corrected chi connectivity index (χ2v) is 8.38. The van der Waals surface area contributed by atoms with E-state index in [2.05, 4.69) is 21.2 Å². The highest BCUT2D eigenvalue weighted by Gasteiger charge is 2.27. The summed E-state index contributed by atoms with van der Waals surface area (Å²) in [6.45, 7) is 5.38. The van der Waals surface area contributed by atoms with Gasteiger partial charge in [-0.05, 0) is 38.0 Å². The van der Waals surface area contributed by atoms with Crippen molar-refractivity contribution in [2.24, 2.45) is 0 Å². The zero-order valence-electron chi connectivity index (χ0n) is 13.6. The summed E-state index contributed by atoms with van der Waals surface area (Å²) in [5, 5.41) is 7.39. The Balaban J connectivity index is 1.90. The van der Waals surface area contributed by atoms with Crippen molar-refractivity contribution < 1.29 is 8.42 Å². The predicted octanol–water partition coefficient (Wildman–Crippen LogP) is 2.90. The summed E-state index contributed by atoms with van der Waals surface area (Å²) in [5.74, 6) is 0.464. The first-order valence-corrected chi connectivity index (χ1v) is 9.75. The van der Waals surface area contributed by atoms with Crippen LogP contribution in [0.5, 0.6) is 0 Å². The number of aryl methyl sites for hydroxylation is 1. The number of hydrogen-bond donors (Lipinski definition) is 1. The number of hydrogen-bond acceptors (Lipinski definition) is 4. The van der Waals surface area contributed by atoms with Gasteiger partial charge >= 0.3 is 0 Å². The summed E-state index contributed by atoms with van der Waals surface area (Å²) in [6, 6.07) is 9.43. The summed E-state index contributed by atoms with van der Waals surface area (Å²) < 4.78 is 24.8. The van der Waals surface area contributed by atoms with Crippen LogP contribution >= 0.6 is 0 Å². The van der Waals surface area contributed by atoms with Gasteiger partial charge in [0.05, 0.1) is 22.0 Å². The lowest BCUT2D eigenvalue weighted by Gasteiger charge is -2.34. The van der Waals surface area contributed by atoms with Gasteiger partial charge in [0.25, 0.3) is 0 Å². The molecule has 1 atom stereocenters. The van der Waals surface area contributed by atoms with E-state index in [1.54, 1.807) is 19.1 Å². The monoisotopic (exact) mass is 333 g/mol.